The summed E-state index contributed by atoms with van der Waals surface area (Å²) in [5.41, 5.74) is 2.81. The van der Waals surface area contributed by atoms with Crippen molar-refractivity contribution in [2.45, 2.75) is 59.3 Å². The van der Waals surface area contributed by atoms with Gasteiger partial charge in [0.25, 0.3) is 0 Å². The normalized spacial score (nSPS) is 12.9. The molecule has 0 fully saturated rings. The van der Waals surface area contributed by atoms with E-state index in [9.17, 15) is 5.21 Å². The van der Waals surface area contributed by atoms with Crippen LogP contribution in [0.25, 0.3) is 0 Å². The van der Waals surface area contributed by atoms with Gasteiger partial charge in [-0.1, -0.05) is 41.5 Å². The Hall–Kier alpha value is -1.05. The van der Waals surface area contributed by atoms with Crippen LogP contribution in [0.2, 0.25) is 0 Å². The van der Waals surface area contributed by atoms with Gasteiger partial charge in [-0.15, -0.1) is 0 Å². The summed E-state index contributed by atoms with van der Waals surface area (Å²) >= 11 is 0. The van der Waals surface area contributed by atoms with Crippen molar-refractivity contribution in [3.05, 3.63) is 34.3 Å². The summed E-state index contributed by atoms with van der Waals surface area (Å²) in [4.78, 5) is 0. The van der Waals surface area contributed by atoms with Crippen molar-refractivity contribution >= 4 is 0 Å². The van der Waals surface area contributed by atoms with Crippen molar-refractivity contribution in [1.29, 1.82) is 0 Å². The summed E-state index contributed by atoms with van der Waals surface area (Å²) in [6.45, 7) is 14.6. The molecule has 0 atom stereocenters. The maximum absolute atomic E-state index is 12.0. The van der Waals surface area contributed by atoms with Gasteiger partial charge in [0.15, 0.2) is 11.4 Å². The van der Waals surface area contributed by atoms with Gasteiger partial charge in [-0.2, -0.15) is 4.73 Å². The Labute approximate surface area is 98.9 Å². The van der Waals surface area contributed by atoms with Crippen LogP contribution in [0.5, 0.6) is 0 Å². The lowest BCUT2D eigenvalue weighted by molar-refractivity contribution is -0.624. The Morgan fingerprint density at radius 3 is 1.81 bits per heavy atom. The van der Waals surface area contributed by atoms with Crippen LogP contribution in [0.3, 0.4) is 0 Å². The summed E-state index contributed by atoms with van der Waals surface area (Å²) in [5, 5.41) is 12.0. The second-order valence-corrected chi connectivity index (χ2v) is 6.57. The molecule has 0 aliphatic rings. The number of pyridine rings is 1. The third kappa shape index (κ3) is 2.55. The zero-order chi connectivity index (χ0) is 12.7. The Bertz CT molecular complexity index is 394. The van der Waals surface area contributed by atoms with E-state index in [1.807, 2.05) is 19.1 Å². The first-order chi connectivity index (χ1) is 7.03. The average Bonchev–Trinajstić information content (AvgIpc) is 2.05. The molecule has 2 heteroatoms. The SMILES string of the molecule is Cc1cc(C(C)(C)C)cc(C(C)(C)C)[n+]1[O-]. The van der Waals surface area contributed by atoms with E-state index >= 15 is 0 Å². The topological polar surface area (TPSA) is 26.9 Å². The summed E-state index contributed by atoms with van der Waals surface area (Å²) in [6.07, 6.45) is 0. The Balaban J connectivity index is 3.46. The highest BCUT2D eigenvalue weighted by molar-refractivity contribution is 5.26. The molecule has 1 aromatic heterocycles. The van der Waals surface area contributed by atoms with Gasteiger partial charge in [-0.05, 0) is 11.0 Å². The van der Waals surface area contributed by atoms with Gasteiger partial charge in [0, 0.05) is 24.5 Å². The van der Waals surface area contributed by atoms with Crippen molar-refractivity contribution in [2.75, 3.05) is 0 Å². The fourth-order valence-corrected chi connectivity index (χ4v) is 1.68. The van der Waals surface area contributed by atoms with Crippen LogP contribution in [-0.4, -0.2) is 0 Å². The molecule has 0 spiro atoms. The van der Waals surface area contributed by atoms with Gasteiger partial charge >= 0.3 is 0 Å². The zero-order valence-corrected chi connectivity index (χ0v) is 11.5. The highest BCUT2D eigenvalue weighted by Crippen LogP contribution is 2.27. The summed E-state index contributed by atoms with van der Waals surface area (Å²) in [7, 11) is 0. The highest BCUT2D eigenvalue weighted by Gasteiger charge is 2.27. The molecule has 0 N–H and O–H groups in total. The van der Waals surface area contributed by atoms with E-state index in [4.69, 9.17) is 0 Å². The lowest BCUT2D eigenvalue weighted by atomic mass is 9.83. The lowest BCUT2D eigenvalue weighted by Gasteiger charge is -2.24. The maximum atomic E-state index is 12.0. The summed E-state index contributed by atoms with van der Waals surface area (Å²) in [5.74, 6) is 0. The minimum Gasteiger partial charge on any atom is -0.618 e. The first kappa shape index (κ1) is 13.0. The first-order valence-electron chi connectivity index (χ1n) is 5.78. The average molecular weight is 221 g/mol. The number of nitrogens with zero attached hydrogens (tertiary/aromatic N) is 1. The minimum absolute atomic E-state index is 0.0824. The van der Waals surface area contributed by atoms with E-state index in [0.717, 1.165) is 16.1 Å². The van der Waals surface area contributed by atoms with E-state index < -0.39 is 0 Å². The molecule has 0 radical (unpaired) electrons. The predicted molar refractivity (Wildman–Crippen MR) is 67.5 cm³/mol. The van der Waals surface area contributed by atoms with E-state index in [2.05, 4.69) is 41.5 Å². The monoisotopic (exact) mass is 221 g/mol. The van der Waals surface area contributed by atoms with Crippen LogP contribution in [0.15, 0.2) is 12.1 Å². The van der Waals surface area contributed by atoms with Crippen LogP contribution in [0.1, 0.15) is 58.5 Å². The van der Waals surface area contributed by atoms with Crippen molar-refractivity contribution in [3.8, 4) is 0 Å². The van der Waals surface area contributed by atoms with E-state index in [-0.39, 0.29) is 10.8 Å². The highest BCUT2D eigenvalue weighted by atomic mass is 16.5. The number of aryl methyl sites for hydroxylation is 1. The van der Waals surface area contributed by atoms with Gasteiger partial charge in [0.2, 0.25) is 0 Å². The lowest BCUT2D eigenvalue weighted by Crippen LogP contribution is -2.41. The summed E-state index contributed by atoms with van der Waals surface area (Å²) in [6, 6.07) is 4.03. The summed E-state index contributed by atoms with van der Waals surface area (Å²) < 4.78 is 1.05. The van der Waals surface area contributed by atoms with Crippen molar-refractivity contribution < 1.29 is 4.73 Å². The number of aromatic nitrogens is 1. The van der Waals surface area contributed by atoms with Crippen molar-refractivity contribution in [2.24, 2.45) is 0 Å². The Morgan fingerprint density at radius 2 is 1.44 bits per heavy atom. The minimum atomic E-state index is -0.117. The van der Waals surface area contributed by atoms with Crippen molar-refractivity contribution in [3.63, 3.8) is 0 Å². The third-order valence-electron chi connectivity index (χ3n) is 2.83. The van der Waals surface area contributed by atoms with Gasteiger partial charge in [-0.25, -0.2) is 0 Å². The van der Waals surface area contributed by atoms with E-state index in [1.54, 1.807) is 0 Å². The number of hydrogen-bond acceptors (Lipinski definition) is 1. The Morgan fingerprint density at radius 1 is 0.938 bits per heavy atom. The molecular weight excluding hydrogens is 198 g/mol. The first-order valence-corrected chi connectivity index (χ1v) is 5.78. The second-order valence-electron chi connectivity index (χ2n) is 6.57. The van der Waals surface area contributed by atoms with Crippen LogP contribution in [0.4, 0.5) is 0 Å². The smallest absolute Gasteiger partial charge is 0.198 e. The molecule has 0 aliphatic carbocycles. The molecule has 1 aromatic rings. The van der Waals surface area contributed by atoms with Gasteiger partial charge in [0.05, 0.1) is 0 Å². The van der Waals surface area contributed by atoms with Gasteiger partial charge < -0.3 is 5.21 Å². The third-order valence-corrected chi connectivity index (χ3v) is 2.83. The molecule has 0 amide bonds. The number of hydrogen-bond donors (Lipinski definition) is 0. The molecule has 0 saturated heterocycles. The molecule has 0 aliphatic heterocycles. The fraction of sp³-hybridized carbons (Fsp3) is 0.643. The molecule has 0 saturated carbocycles. The maximum Gasteiger partial charge on any atom is 0.198 e. The quantitative estimate of drug-likeness (QED) is 0.488. The molecule has 0 unspecified atom stereocenters. The van der Waals surface area contributed by atoms with Gasteiger partial charge in [0.1, 0.15) is 0 Å². The van der Waals surface area contributed by atoms with Crippen LogP contribution < -0.4 is 4.73 Å². The molecule has 1 heterocycles. The van der Waals surface area contributed by atoms with Crippen LogP contribution >= 0.6 is 0 Å². The molecule has 1 rings (SSSR count). The molecular formula is C14H23NO. The predicted octanol–water partition coefficient (Wildman–Crippen LogP) is 3.22. The molecule has 16 heavy (non-hydrogen) atoms. The molecule has 0 bridgehead atoms. The van der Waals surface area contributed by atoms with E-state index in [0.29, 0.717) is 0 Å². The largest absolute Gasteiger partial charge is 0.618 e. The molecule has 90 valence electrons. The molecule has 2 nitrogen and oxygen atoms in total. The molecule has 0 aromatic carbocycles. The standard InChI is InChI=1S/C14H23NO/c1-10-8-11(13(2,3)4)9-12(15(10)16)14(5,6)7/h8-9H,1-7H3. The van der Waals surface area contributed by atoms with Gasteiger partial charge in [-0.3, -0.25) is 0 Å². The zero-order valence-electron chi connectivity index (χ0n) is 11.5. The van der Waals surface area contributed by atoms with Crippen LogP contribution in [-0.2, 0) is 10.8 Å². The van der Waals surface area contributed by atoms with Crippen molar-refractivity contribution in [1.82, 2.24) is 0 Å². The fourth-order valence-electron chi connectivity index (χ4n) is 1.68. The van der Waals surface area contributed by atoms with E-state index in [1.165, 1.54) is 5.56 Å². The second kappa shape index (κ2) is 3.76. The Kier molecular flexibility index (Phi) is 3.06. The van der Waals surface area contributed by atoms with Crippen LogP contribution in [0, 0.1) is 12.1 Å². The number of rotatable bonds is 0.